The van der Waals surface area contributed by atoms with Crippen LogP contribution in [0.25, 0.3) is 0 Å². The van der Waals surface area contributed by atoms with Crippen molar-refractivity contribution in [3.63, 3.8) is 0 Å². The Morgan fingerprint density at radius 2 is 2.06 bits per heavy atom. The molecule has 3 rings (SSSR count). The number of carbonyl (C=O) groups is 1. The molecule has 1 atom stereocenters. The van der Waals surface area contributed by atoms with E-state index in [9.17, 15) is 4.79 Å². The molecule has 1 aromatic rings. The molecule has 18 heavy (non-hydrogen) atoms. The Bertz CT molecular complexity index is 460. The van der Waals surface area contributed by atoms with E-state index in [1.165, 1.54) is 48.8 Å². The molecular weight excluding hydrogens is 224 g/mol. The fourth-order valence-electron chi connectivity index (χ4n) is 3.38. The Kier molecular flexibility index (Phi) is 3.11. The summed E-state index contributed by atoms with van der Waals surface area (Å²) in [7, 11) is 0. The topological polar surface area (TPSA) is 37.3 Å². The van der Waals surface area contributed by atoms with Gasteiger partial charge in [0.2, 0.25) is 0 Å². The van der Waals surface area contributed by atoms with E-state index in [0.29, 0.717) is 12.3 Å². The summed E-state index contributed by atoms with van der Waals surface area (Å²) in [4.78, 5) is 11.1. The van der Waals surface area contributed by atoms with Crippen molar-refractivity contribution in [1.82, 2.24) is 0 Å². The highest BCUT2D eigenvalue weighted by Gasteiger charge is 2.35. The summed E-state index contributed by atoms with van der Waals surface area (Å²) in [6.07, 6.45) is 7.59. The molecule has 1 fully saturated rings. The van der Waals surface area contributed by atoms with E-state index < -0.39 is 5.97 Å². The largest absolute Gasteiger partial charge is 0.481 e. The molecule has 0 spiro atoms. The van der Waals surface area contributed by atoms with Crippen LogP contribution in [0.2, 0.25) is 0 Å². The SMILES string of the molecule is O=C(O)CC(c1cccc2c1CCCC2)C1CC1. The van der Waals surface area contributed by atoms with Gasteiger partial charge in [0.15, 0.2) is 0 Å². The number of aliphatic carboxylic acids is 1. The van der Waals surface area contributed by atoms with Gasteiger partial charge in [0.1, 0.15) is 0 Å². The second-order valence-electron chi connectivity index (χ2n) is 5.73. The average Bonchev–Trinajstić information content (AvgIpc) is 3.19. The normalized spacial score (nSPS) is 20.2. The summed E-state index contributed by atoms with van der Waals surface area (Å²) >= 11 is 0. The molecular formula is C16H20O2. The van der Waals surface area contributed by atoms with Gasteiger partial charge in [0, 0.05) is 0 Å². The Labute approximate surface area is 108 Å². The van der Waals surface area contributed by atoms with Crippen molar-refractivity contribution >= 4 is 5.97 Å². The maximum atomic E-state index is 11.1. The highest BCUT2D eigenvalue weighted by atomic mass is 16.4. The number of hydrogen-bond donors (Lipinski definition) is 1. The highest BCUT2D eigenvalue weighted by Crippen LogP contribution is 2.46. The van der Waals surface area contributed by atoms with Gasteiger partial charge in [-0.1, -0.05) is 18.2 Å². The van der Waals surface area contributed by atoms with Gasteiger partial charge in [-0.25, -0.2) is 0 Å². The van der Waals surface area contributed by atoms with Crippen molar-refractivity contribution in [3.05, 3.63) is 34.9 Å². The van der Waals surface area contributed by atoms with Crippen molar-refractivity contribution < 1.29 is 9.90 Å². The van der Waals surface area contributed by atoms with E-state index in [1.54, 1.807) is 0 Å². The maximum Gasteiger partial charge on any atom is 0.303 e. The van der Waals surface area contributed by atoms with Crippen LogP contribution in [0, 0.1) is 5.92 Å². The number of carboxylic acids is 1. The first-order valence-electron chi connectivity index (χ1n) is 7.08. The van der Waals surface area contributed by atoms with Crippen molar-refractivity contribution in [2.45, 2.75) is 50.9 Å². The molecule has 1 saturated carbocycles. The number of carboxylic acid groups (broad SMARTS) is 1. The maximum absolute atomic E-state index is 11.1. The average molecular weight is 244 g/mol. The second kappa shape index (κ2) is 4.75. The van der Waals surface area contributed by atoms with Gasteiger partial charge in [-0.05, 0) is 67.1 Å². The zero-order valence-electron chi connectivity index (χ0n) is 10.7. The van der Waals surface area contributed by atoms with Crippen LogP contribution in [0.4, 0.5) is 0 Å². The third-order valence-electron chi connectivity index (χ3n) is 4.42. The van der Waals surface area contributed by atoms with Crippen LogP contribution in [0.15, 0.2) is 18.2 Å². The summed E-state index contributed by atoms with van der Waals surface area (Å²) in [5.74, 6) is 0.227. The van der Waals surface area contributed by atoms with E-state index in [0.717, 1.165) is 6.42 Å². The summed E-state index contributed by atoms with van der Waals surface area (Å²) in [5.41, 5.74) is 4.29. The summed E-state index contributed by atoms with van der Waals surface area (Å²) in [5, 5.41) is 9.13. The standard InChI is InChI=1S/C16H20O2/c17-16(18)10-15(12-8-9-12)14-7-3-5-11-4-1-2-6-13(11)14/h3,5,7,12,15H,1-2,4,6,8-10H2,(H,17,18). The molecule has 2 aliphatic carbocycles. The van der Waals surface area contributed by atoms with Crippen molar-refractivity contribution in [2.75, 3.05) is 0 Å². The van der Waals surface area contributed by atoms with Crippen LogP contribution in [-0.4, -0.2) is 11.1 Å². The van der Waals surface area contributed by atoms with Gasteiger partial charge < -0.3 is 5.11 Å². The molecule has 0 heterocycles. The molecule has 96 valence electrons. The predicted molar refractivity (Wildman–Crippen MR) is 70.8 cm³/mol. The molecule has 2 nitrogen and oxygen atoms in total. The summed E-state index contributed by atoms with van der Waals surface area (Å²) < 4.78 is 0. The lowest BCUT2D eigenvalue weighted by Gasteiger charge is -2.24. The van der Waals surface area contributed by atoms with Crippen LogP contribution in [0.1, 0.15) is 54.7 Å². The fourth-order valence-corrected chi connectivity index (χ4v) is 3.38. The lowest BCUT2D eigenvalue weighted by Crippen LogP contribution is -2.14. The molecule has 2 heteroatoms. The van der Waals surface area contributed by atoms with Crippen LogP contribution < -0.4 is 0 Å². The van der Waals surface area contributed by atoms with Crippen LogP contribution in [0.3, 0.4) is 0 Å². The molecule has 0 aliphatic heterocycles. The Balaban J connectivity index is 1.95. The predicted octanol–water partition coefficient (Wildman–Crippen LogP) is 3.53. The Hall–Kier alpha value is -1.31. The molecule has 0 radical (unpaired) electrons. The monoisotopic (exact) mass is 244 g/mol. The van der Waals surface area contributed by atoms with Crippen molar-refractivity contribution in [2.24, 2.45) is 5.92 Å². The van der Waals surface area contributed by atoms with E-state index in [1.807, 2.05) is 0 Å². The molecule has 0 saturated heterocycles. The van der Waals surface area contributed by atoms with E-state index in [2.05, 4.69) is 18.2 Å². The lowest BCUT2D eigenvalue weighted by molar-refractivity contribution is -0.137. The minimum atomic E-state index is -0.652. The smallest absolute Gasteiger partial charge is 0.303 e. The first-order valence-corrected chi connectivity index (χ1v) is 7.08. The first kappa shape index (κ1) is 11.8. The number of rotatable bonds is 4. The molecule has 0 aromatic heterocycles. The van der Waals surface area contributed by atoms with Crippen molar-refractivity contribution in [1.29, 1.82) is 0 Å². The van der Waals surface area contributed by atoms with Crippen LogP contribution in [-0.2, 0) is 17.6 Å². The van der Waals surface area contributed by atoms with E-state index in [4.69, 9.17) is 5.11 Å². The lowest BCUT2D eigenvalue weighted by atomic mass is 9.81. The second-order valence-corrected chi connectivity index (χ2v) is 5.73. The molecule has 1 aromatic carbocycles. The molecule has 0 bridgehead atoms. The van der Waals surface area contributed by atoms with Gasteiger partial charge in [0.05, 0.1) is 6.42 Å². The van der Waals surface area contributed by atoms with E-state index >= 15 is 0 Å². The number of benzene rings is 1. The van der Waals surface area contributed by atoms with Gasteiger partial charge in [-0.3, -0.25) is 4.79 Å². The minimum absolute atomic E-state index is 0.260. The minimum Gasteiger partial charge on any atom is -0.481 e. The summed E-state index contributed by atoms with van der Waals surface area (Å²) in [6.45, 7) is 0. The third-order valence-corrected chi connectivity index (χ3v) is 4.42. The first-order chi connectivity index (χ1) is 8.75. The van der Waals surface area contributed by atoms with Gasteiger partial charge in [0.25, 0.3) is 0 Å². The third kappa shape index (κ3) is 2.29. The highest BCUT2D eigenvalue weighted by molar-refractivity contribution is 5.68. The number of fused-ring (bicyclic) bond motifs is 1. The zero-order valence-corrected chi connectivity index (χ0v) is 10.7. The van der Waals surface area contributed by atoms with Crippen LogP contribution >= 0.6 is 0 Å². The van der Waals surface area contributed by atoms with Gasteiger partial charge in [-0.2, -0.15) is 0 Å². The Morgan fingerprint density at radius 1 is 1.28 bits per heavy atom. The van der Waals surface area contributed by atoms with E-state index in [-0.39, 0.29) is 5.92 Å². The van der Waals surface area contributed by atoms with Crippen molar-refractivity contribution in [3.8, 4) is 0 Å². The molecule has 1 unspecified atom stereocenters. The molecule has 1 N–H and O–H groups in total. The number of hydrogen-bond acceptors (Lipinski definition) is 1. The quantitative estimate of drug-likeness (QED) is 0.879. The van der Waals surface area contributed by atoms with Gasteiger partial charge >= 0.3 is 5.97 Å². The fraction of sp³-hybridized carbons (Fsp3) is 0.562. The zero-order chi connectivity index (χ0) is 12.5. The number of aryl methyl sites for hydroxylation is 1. The molecule has 0 amide bonds. The molecule has 2 aliphatic rings. The van der Waals surface area contributed by atoms with Gasteiger partial charge in [-0.15, -0.1) is 0 Å². The Morgan fingerprint density at radius 3 is 2.78 bits per heavy atom. The van der Waals surface area contributed by atoms with Crippen LogP contribution in [0.5, 0.6) is 0 Å². The summed E-state index contributed by atoms with van der Waals surface area (Å²) in [6, 6.07) is 6.52.